The van der Waals surface area contributed by atoms with Gasteiger partial charge in [-0.3, -0.25) is 4.79 Å². The molecule has 7 heteroatoms. The Labute approximate surface area is 135 Å². The fraction of sp³-hybridized carbons (Fsp3) is 0.375. The number of sulfonamides is 1. The number of hydrogen-bond acceptors (Lipinski definition) is 4. The first-order valence-corrected chi connectivity index (χ1v) is 9.00. The lowest BCUT2D eigenvalue weighted by Crippen LogP contribution is -2.40. The molecule has 3 rings (SSSR count). The molecule has 6 nitrogen and oxygen atoms in total. The van der Waals surface area contributed by atoms with Crippen LogP contribution in [0.5, 0.6) is 0 Å². The van der Waals surface area contributed by atoms with Crippen LogP contribution in [0.15, 0.2) is 47.9 Å². The normalized spacial score (nSPS) is 17.3. The zero-order valence-corrected chi connectivity index (χ0v) is 13.7. The molecule has 0 radical (unpaired) electrons. The minimum Gasteiger partial charge on any atom is -0.339 e. The fourth-order valence-electron chi connectivity index (χ4n) is 2.85. The lowest BCUT2D eigenvalue weighted by molar-refractivity contribution is 0.0875. The summed E-state index contributed by atoms with van der Waals surface area (Å²) >= 11 is 0. The van der Waals surface area contributed by atoms with Crippen molar-refractivity contribution >= 4 is 15.8 Å². The molecule has 0 amide bonds. The molecule has 1 saturated heterocycles. The van der Waals surface area contributed by atoms with E-state index in [-0.39, 0.29) is 16.7 Å². The lowest BCUT2D eigenvalue weighted by Gasteiger charge is -2.29. The van der Waals surface area contributed by atoms with Gasteiger partial charge in [0.1, 0.15) is 0 Å². The highest BCUT2D eigenvalue weighted by molar-refractivity contribution is 7.89. The van der Waals surface area contributed by atoms with E-state index in [0.717, 1.165) is 0 Å². The first-order valence-electron chi connectivity index (χ1n) is 7.56. The van der Waals surface area contributed by atoms with Crippen LogP contribution < -0.4 is 0 Å². The van der Waals surface area contributed by atoms with Gasteiger partial charge in [0.15, 0.2) is 10.8 Å². The molecule has 1 aliphatic heterocycles. The van der Waals surface area contributed by atoms with Gasteiger partial charge in [0.2, 0.25) is 0 Å². The maximum atomic E-state index is 12.5. The standard InChI is InChI=1S/C16H19N3O3S/c1-18-11-15(17-12-18)23(21,22)19-9-7-14(8-10-19)16(20)13-5-3-2-4-6-13/h2-6,11-12,14H,7-10H2,1H3. The molecule has 2 aromatic rings. The Morgan fingerprint density at radius 2 is 1.83 bits per heavy atom. The summed E-state index contributed by atoms with van der Waals surface area (Å²) in [5, 5.41) is 0.0628. The quantitative estimate of drug-likeness (QED) is 0.799. The van der Waals surface area contributed by atoms with Crippen LogP contribution in [0.4, 0.5) is 0 Å². The molecule has 1 aromatic carbocycles. The molecule has 0 spiro atoms. The smallest absolute Gasteiger partial charge is 0.262 e. The average Bonchev–Trinajstić information content (AvgIpc) is 3.02. The van der Waals surface area contributed by atoms with Gasteiger partial charge in [-0.1, -0.05) is 30.3 Å². The summed E-state index contributed by atoms with van der Waals surface area (Å²) in [6, 6.07) is 9.17. The second-order valence-electron chi connectivity index (χ2n) is 5.79. The van der Waals surface area contributed by atoms with Crippen molar-refractivity contribution in [2.24, 2.45) is 13.0 Å². The maximum Gasteiger partial charge on any atom is 0.262 e. The van der Waals surface area contributed by atoms with Gasteiger partial charge in [0, 0.05) is 37.8 Å². The van der Waals surface area contributed by atoms with Gasteiger partial charge in [-0.15, -0.1) is 0 Å². The van der Waals surface area contributed by atoms with E-state index in [2.05, 4.69) is 4.98 Å². The summed E-state index contributed by atoms with van der Waals surface area (Å²) < 4.78 is 28.1. The molecule has 0 N–H and O–H groups in total. The van der Waals surface area contributed by atoms with E-state index in [9.17, 15) is 13.2 Å². The van der Waals surface area contributed by atoms with Crippen LogP contribution in [-0.4, -0.2) is 41.1 Å². The van der Waals surface area contributed by atoms with E-state index in [0.29, 0.717) is 31.5 Å². The van der Waals surface area contributed by atoms with Crippen LogP contribution in [0.3, 0.4) is 0 Å². The molecular weight excluding hydrogens is 314 g/mol. The van der Waals surface area contributed by atoms with Crippen LogP contribution in [0.1, 0.15) is 23.2 Å². The van der Waals surface area contributed by atoms with E-state index < -0.39 is 10.0 Å². The number of imidazole rings is 1. The Bertz CT molecular complexity index is 791. The number of benzene rings is 1. The first kappa shape index (κ1) is 15.9. The monoisotopic (exact) mass is 333 g/mol. The highest BCUT2D eigenvalue weighted by Crippen LogP contribution is 2.25. The summed E-state index contributed by atoms with van der Waals surface area (Å²) in [5.74, 6) is -0.0203. The van der Waals surface area contributed by atoms with Crippen molar-refractivity contribution in [3.63, 3.8) is 0 Å². The van der Waals surface area contributed by atoms with Crippen molar-refractivity contribution in [3.05, 3.63) is 48.4 Å². The van der Waals surface area contributed by atoms with E-state index in [1.807, 2.05) is 18.2 Å². The minimum atomic E-state index is -3.56. The molecule has 122 valence electrons. The number of Topliss-reactive ketones (excluding diaryl/α,β-unsaturated/α-hetero) is 1. The zero-order valence-electron chi connectivity index (χ0n) is 12.9. The third-order valence-electron chi connectivity index (χ3n) is 4.17. The van der Waals surface area contributed by atoms with Crippen molar-refractivity contribution in [1.29, 1.82) is 0 Å². The van der Waals surface area contributed by atoms with E-state index in [1.54, 1.807) is 23.7 Å². The second kappa shape index (κ2) is 6.25. The Kier molecular flexibility index (Phi) is 4.32. The first-order chi connectivity index (χ1) is 11.0. The largest absolute Gasteiger partial charge is 0.339 e. The van der Waals surface area contributed by atoms with Crippen molar-refractivity contribution < 1.29 is 13.2 Å². The highest BCUT2D eigenvalue weighted by Gasteiger charge is 2.33. The molecule has 1 aliphatic rings. The highest BCUT2D eigenvalue weighted by atomic mass is 32.2. The molecule has 1 aromatic heterocycles. The molecular formula is C16H19N3O3S. The molecule has 2 heterocycles. The molecule has 0 saturated carbocycles. The van der Waals surface area contributed by atoms with Crippen LogP contribution in [0, 0.1) is 5.92 Å². The average molecular weight is 333 g/mol. The summed E-state index contributed by atoms with van der Waals surface area (Å²) in [6.07, 6.45) is 4.05. The molecule has 0 unspecified atom stereocenters. The third kappa shape index (κ3) is 3.20. The number of carbonyl (C=O) groups excluding carboxylic acids is 1. The fourth-order valence-corrected chi connectivity index (χ4v) is 4.29. The van der Waals surface area contributed by atoms with Gasteiger partial charge < -0.3 is 4.57 Å². The number of rotatable bonds is 4. The lowest BCUT2D eigenvalue weighted by atomic mass is 9.90. The predicted octanol–water partition coefficient (Wildman–Crippen LogP) is 1.70. The SMILES string of the molecule is Cn1cnc(S(=O)(=O)N2CCC(C(=O)c3ccccc3)CC2)c1. The Morgan fingerprint density at radius 3 is 2.39 bits per heavy atom. The van der Waals surface area contributed by atoms with Crippen molar-refractivity contribution in [2.45, 2.75) is 17.9 Å². The zero-order chi connectivity index (χ0) is 16.4. The third-order valence-corrected chi connectivity index (χ3v) is 5.95. The molecule has 0 atom stereocenters. The summed E-state index contributed by atoms with van der Waals surface area (Å²) in [7, 11) is -1.83. The number of nitrogens with zero attached hydrogens (tertiary/aromatic N) is 3. The van der Waals surface area contributed by atoms with Crippen LogP contribution in [0.25, 0.3) is 0 Å². The van der Waals surface area contributed by atoms with Gasteiger partial charge in [-0.25, -0.2) is 13.4 Å². The van der Waals surface area contributed by atoms with Gasteiger partial charge in [0.25, 0.3) is 10.0 Å². The van der Waals surface area contributed by atoms with Crippen LogP contribution in [0.2, 0.25) is 0 Å². The second-order valence-corrected chi connectivity index (χ2v) is 7.67. The summed E-state index contributed by atoms with van der Waals surface area (Å²) in [6.45, 7) is 0.699. The Morgan fingerprint density at radius 1 is 1.17 bits per heavy atom. The minimum absolute atomic E-state index is 0.0628. The van der Waals surface area contributed by atoms with E-state index in [4.69, 9.17) is 0 Å². The molecule has 0 bridgehead atoms. The summed E-state index contributed by atoms with van der Waals surface area (Å²) in [4.78, 5) is 16.4. The summed E-state index contributed by atoms with van der Waals surface area (Å²) in [5.41, 5.74) is 0.693. The molecule has 1 fully saturated rings. The van der Waals surface area contributed by atoms with Crippen molar-refractivity contribution in [2.75, 3.05) is 13.1 Å². The Balaban J connectivity index is 1.68. The van der Waals surface area contributed by atoms with Crippen LogP contribution >= 0.6 is 0 Å². The number of hydrogen-bond donors (Lipinski definition) is 0. The van der Waals surface area contributed by atoms with Gasteiger partial charge in [0.05, 0.1) is 6.33 Å². The van der Waals surface area contributed by atoms with E-state index >= 15 is 0 Å². The number of aromatic nitrogens is 2. The van der Waals surface area contributed by atoms with E-state index in [1.165, 1.54) is 16.8 Å². The van der Waals surface area contributed by atoms with Crippen LogP contribution in [-0.2, 0) is 17.1 Å². The topological polar surface area (TPSA) is 72.3 Å². The number of piperidine rings is 1. The Hall–Kier alpha value is -1.99. The molecule has 23 heavy (non-hydrogen) atoms. The predicted molar refractivity (Wildman–Crippen MR) is 85.5 cm³/mol. The number of ketones is 1. The molecule has 0 aliphatic carbocycles. The van der Waals surface area contributed by atoms with Gasteiger partial charge in [-0.05, 0) is 12.8 Å². The maximum absolute atomic E-state index is 12.5. The van der Waals surface area contributed by atoms with Gasteiger partial charge in [-0.2, -0.15) is 4.31 Å². The number of aryl methyl sites for hydroxylation is 1. The van der Waals surface area contributed by atoms with Crippen molar-refractivity contribution in [1.82, 2.24) is 13.9 Å². The van der Waals surface area contributed by atoms with Crippen molar-refractivity contribution in [3.8, 4) is 0 Å². The van der Waals surface area contributed by atoms with Gasteiger partial charge >= 0.3 is 0 Å². The number of carbonyl (C=O) groups is 1.